The Morgan fingerprint density at radius 1 is 0.714 bits per heavy atom. The number of hydrogen-bond acceptors (Lipinski definition) is 3. The van der Waals surface area contributed by atoms with Crippen LogP contribution in [0.2, 0.25) is 0 Å². The predicted molar refractivity (Wildman–Crippen MR) is 149 cm³/mol. The van der Waals surface area contributed by atoms with E-state index in [1.54, 1.807) is 0 Å². The molecule has 1 heterocycles. The van der Waals surface area contributed by atoms with Crippen molar-refractivity contribution in [1.29, 1.82) is 0 Å². The Morgan fingerprint density at radius 3 is 1.80 bits per heavy atom. The molecule has 0 spiro atoms. The quantitative estimate of drug-likeness (QED) is 0.218. The van der Waals surface area contributed by atoms with E-state index in [1.165, 1.54) is 88.2 Å². The summed E-state index contributed by atoms with van der Waals surface area (Å²) in [6, 6.07) is 21.6. The zero-order valence-electron chi connectivity index (χ0n) is 22.2. The Morgan fingerprint density at radius 2 is 1.23 bits per heavy atom. The lowest BCUT2D eigenvalue weighted by atomic mass is 10.00. The lowest BCUT2D eigenvalue weighted by Crippen LogP contribution is -2.41. The minimum absolute atomic E-state index is 0.126. The molecule has 0 saturated carbocycles. The molecule has 3 heteroatoms. The summed E-state index contributed by atoms with van der Waals surface area (Å²) in [5, 5.41) is 14.9. The molecular formula is C32H50N2O. The predicted octanol–water partition coefficient (Wildman–Crippen LogP) is 7.48. The maximum absolute atomic E-state index is 11.2. The van der Waals surface area contributed by atoms with E-state index in [2.05, 4.69) is 77.8 Å². The first-order valence-corrected chi connectivity index (χ1v) is 14.5. The van der Waals surface area contributed by atoms with E-state index < -0.39 is 0 Å². The largest absolute Gasteiger partial charge is 0.390 e. The molecule has 3 atom stereocenters. The Balaban J connectivity index is 1.38. The molecule has 0 aromatic heterocycles. The van der Waals surface area contributed by atoms with E-state index >= 15 is 0 Å². The summed E-state index contributed by atoms with van der Waals surface area (Å²) < 4.78 is 0. The number of unbranched alkanes of at least 4 members (excludes halogenated alkanes) is 11. The lowest BCUT2D eigenvalue weighted by molar-refractivity contribution is 0.0933. The topological polar surface area (TPSA) is 35.5 Å². The van der Waals surface area contributed by atoms with Crippen LogP contribution in [0.4, 0.5) is 0 Å². The fraction of sp³-hybridized carbons (Fsp3) is 0.625. The number of aliphatic hydroxyl groups excluding tert-OH is 1. The maximum Gasteiger partial charge on any atom is 0.0860 e. The van der Waals surface area contributed by atoms with Crippen molar-refractivity contribution in [1.82, 2.24) is 10.2 Å². The summed E-state index contributed by atoms with van der Waals surface area (Å²) in [5.41, 5.74) is 2.61. The smallest absolute Gasteiger partial charge is 0.0860 e. The van der Waals surface area contributed by atoms with E-state index in [0.29, 0.717) is 0 Å². The fourth-order valence-electron chi connectivity index (χ4n) is 5.56. The van der Waals surface area contributed by atoms with Gasteiger partial charge in [0.2, 0.25) is 0 Å². The van der Waals surface area contributed by atoms with Crippen LogP contribution in [0, 0.1) is 0 Å². The molecule has 0 aliphatic carbocycles. The molecule has 1 aliphatic rings. The van der Waals surface area contributed by atoms with Gasteiger partial charge in [-0.2, -0.15) is 0 Å². The molecule has 0 amide bonds. The van der Waals surface area contributed by atoms with Gasteiger partial charge < -0.3 is 10.4 Å². The maximum atomic E-state index is 11.2. The molecule has 194 valence electrons. The van der Waals surface area contributed by atoms with Crippen molar-refractivity contribution < 1.29 is 5.11 Å². The van der Waals surface area contributed by atoms with Crippen LogP contribution in [-0.2, 0) is 13.1 Å². The number of aliphatic hydroxyl groups is 1. The van der Waals surface area contributed by atoms with Gasteiger partial charge in [-0.15, -0.1) is 0 Å². The number of nitrogens with zero attached hydrogens (tertiary/aromatic N) is 1. The third-order valence-corrected chi connectivity index (χ3v) is 7.70. The minimum Gasteiger partial charge on any atom is -0.390 e. The Bertz CT molecular complexity index is 766. The van der Waals surface area contributed by atoms with E-state index in [4.69, 9.17) is 0 Å². The summed E-state index contributed by atoms with van der Waals surface area (Å²) in [6.07, 6.45) is 17.3. The Labute approximate surface area is 215 Å². The first kappa shape index (κ1) is 27.9. The molecule has 3 rings (SSSR count). The second-order valence-corrected chi connectivity index (χ2v) is 10.6. The van der Waals surface area contributed by atoms with E-state index in [-0.39, 0.29) is 18.2 Å². The lowest BCUT2D eigenvalue weighted by Gasteiger charge is -2.26. The van der Waals surface area contributed by atoms with E-state index in [9.17, 15) is 5.11 Å². The summed E-state index contributed by atoms with van der Waals surface area (Å²) in [7, 11) is 0. The van der Waals surface area contributed by atoms with Gasteiger partial charge in [0.1, 0.15) is 0 Å². The van der Waals surface area contributed by atoms with Crippen molar-refractivity contribution in [2.45, 2.75) is 122 Å². The molecule has 1 aliphatic heterocycles. The van der Waals surface area contributed by atoms with Gasteiger partial charge in [-0.3, -0.25) is 4.90 Å². The minimum atomic E-state index is -0.310. The summed E-state index contributed by atoms with van der Waals surface area (Å²) in [6.45, 7) is 4.93. The van der Waals surface area contributed by atoms with Crippen LogP contribution in [0.1, 0.15) is 102 Å². The van der Waals surface area contributed by atoms with Crippen molar-refractivity contribution in [2.24, 2.45) is 0 Å². The van der Waals surface area contributed by atoms with Crippen LogP contribution in [0.3, 0.4) is 0 Å². The standard InChI is InChI=1S/C32H50N2O/c1-2-3-4-5-6-7-8-9-10-11-12-19-24-31-32(35)30(33-25-28-20-15-13-16-21-28)27-34(31)26-29-22-17-14-18-23-29/h13-18,20-23,30-33,35H,2-12,19,24-27H2,1H3/t30-,31-,32+/m0/s1. The number of hydrogen-bond donors (Lipinski definition) is 2. The van der Waals surface area contributed by atoms with Crippen molar-refractivity contribution in [3.05, 3.63) is 71.8 Å². The van der Waals surface area contributed by atoms with Crippen LogP contribution < -0.4 is 5.32 Å². The van der Waals surface area contributed by atoms with Crippen LogP contribution in [0.5, 0.6) is 0 Å². The summed E-state index contributed by atoms with van der Waals surface area (Å²) >= 11 is 0. The number of benzene rings is 2. The fourth-order valence-corrected chi connectivity index (χ4v) is 5.56. The van der Waals surface area contributed by atoms with E-state index in [1.807, 2.05) is 0 Å². The molecule has 2 aromatic rings. The molecule has 0 unspecified atom stereocenters. The molecule has 3 nitrogen and oxygen atoms in total. The highest BCUT2D eigenvalue weighted by atomic mass is 16.3. The summed E-state index contributed by atoms with van der Waals surface area (Å²) in [4.78, 5) is 2.52. The zero-order chi connectivity index (χ0) is 24.6. The van der Waals surface area contributed by atoms with Crippen molar-refractivity contribution in [3.63, 3.8) is 0 Å². The van der Waals surface area contributed by atoms with Gasteiger partial charge >= 0.3 is 0 Å². The highest BCUT2D eigenvalue weighted by molar-refractivity contribution is 5.17. The number of rotatable bonds is 18. The number of nitrogens with one attached hydrogen (secondary N) is 1. The second kappa shape index (κ2) is 16.9. The van der Waals surface area contributed by atoms with Gasteiger partial charge in [0.25, 0.3) is 0 Å². The zero-order valence-corrected chi connectivity index (χ0v) is 22.2. The van der Waals surface area contributed by atoms with E-state index in [0.717, 1.165) is 26.1 Å². The van der Waals surface area contributed by atoms with Gasteiger partial charge in [0, 0.05) is 31.7 Å². The highest BCUT2D eigenvalue weighted by Crippen LogP contribution is 2.26. The molecule has 35 heavy (non-hydrogen) atoms. The van der Waals surface area contributed by atoms with Crippen LogP contribution in [-0.4, -0.2) is 34.7 Å². The first-order chi connectivity index (χ1) is 17.3. The van der Waals surface area contributed by atoms with Crippen molar-refractivity contribution in [2.75, 3.05) is 6.54 Å². The van der Waals surface area contributed by atoms with Gasteiger partial charge in [-0.1, -0.05) is 145 Å². The third kappa shape index (κ3) is 10.5. The van der Waals surface area contributed by atoms with Gasteiger partial charge in [0.05, 0.1) is 6.10 Å². The van der Waals surface area contributed by atoms with Gasteiger partial charge in [-0.05, 0) is 17.5 Å². The molecule has 2 aromatic carbocycles. The molecule has 0 radical (unpaired) electrons. The van der Waals surface area contributed by atoms with Crippen LogP contribution in [0.15, 0.2) is 60.7 Å². The number of likely N-dealkylation sites (tertiary alicyclic amines) is 1. The summed E-state index contributed by atoms with van der Waals surface area (Å²) in [5.74, 6) is 0. The van der Waals surface area contributed by atoms with Gasteiger partial charge in [-0.25, -0.2) is 0 Å². The molecule has 0 bridgehead atoms. The Hall–Kier alpha value is -1.68. The monoisotopic (exact) mass is 478 g/mol. The normalized spacial score (nSPS) is 20.5. The molecule has 1 fully saturated rings. The average molecular weight is 479 g/mol. The van der Waals surface area contributed by atoms with Crippen molar-refractivity contribution >= 4 is 0 Å². The molecule has 2 N–H and O–H groups in total. The average Bonchev–Trinajstić information content (AvgIpc) is 3.18. The second-order valence-electron chi connectivity index (χ2n) is 10.6. The third-order valence-electron chi connectivity index (χ3n) is 7.70. The molecular weight excluding hydrogens is 428 g/mol. The highest BCUT2D eigenvalue weighted by Gasteiger charge is 2.39. The van der Waals surface area contributed by atoms with Gasteiger partial charge in [0.15, 0.2) is 0 Å². The molecule has 1 saturated heterocycles. The van der Waals surface area contributed by atoms with Crippen LogP contribution in [0.25, 0.3) is 0 Å². The van der Waals surface area contributed by atoms with Crippen molar-refractivity contribution in [3.8, 4) is 0 Å². The SMILES string of the molecule is CCCCCCCCCCCCCC[C@H]1[C@H](O)[C@@H](NCc2ccccc2)CN1Cc1ccccc1. The Kier molecular flexibility index (Phi) is 13.5. The first-order valence-electron chi connectivity index (χ1n) is 14.5. The van der Waals surface area contributed by atoms with Crippen LogP contribution >= 0.6 is 0 Å².